The van der Waals surface area contributed by atoms with E-state index in [1.807, 2.05) is 0 Å². The van der Waals surface area contributed by atoms with Gasteiger partial charge in [0, 0.05) is 20.6 Å². The first-order valence-corrected chi connectivity index (χ1v) is 7.45. The smallest absolute Gasteiger partial charge is 0.322 e. The Balaban J connectivity index is 1.75. The number of anilines is 1. The largest absolute Gasteiger partial charge is 0.403 e. The lowest BCUT2D eigenvalue weighted by molar-refractivity contribution is 0.102. The molecule has 0 bridgehead atoms. The number of aromatic nitrogens is 2. The van der Waals surface area contributed by atoms with E-state index >= 15 is 0 Å². The van der Waals surface area contributed by atoms with Gasteiger partial charge < -0.3 is 4.42 Å². The Morgan fingerprint density at radius 1 is 1.05 bits per heavy atom. The Labute approximate surface area is 139 Å². The number of halogens is 2. The second-order valence-corrected chi connectivity index (χ2v) is 5.73. The van der Waals surface area contributed by atoms with Crippen molar-refractivity contribution in [2.24, 2.45) is 0 Å². The van der Waals surface area contributed by atoms with Crippen molar-refractivity contribution >= 4 is 39.5 Å². The van der Waals surface area contributed by atoms with E-state index in [1.165, 1.54) is 0 Å². The van der Waals surface area contributed by atoms with Crippen molar-refractivity contribution in [3.63, 3.8) is 0 Å². The first kappa shape index (κ1) is 14.7. The molecule has 110 valence electrons. The standard InChI is InChI=1S/C15H9BrClN3O2/c16-11-5-1-9(2-6-11)13(21)18-15-20-19-14(22-15)10-3-7-12(17)8-4-10/h1-8H,(H,18,20,21). The molecule has 0 aliphatic rings. The van der Waals surface area contributed by atoms with Gasteiger partial charge in [0.25, 0.3) is 5.91 Å². The lowest BCUT2D eigenvalue weighted by atomic mass is 10.2. The average Bonchev–Trinajstić information content (AvgIpc) is 2.97. The zero-order valence-electron chi connectivity index (χ0n) is 11.1. The van der Waals surface area contributed by atoms with Crippen LogP contribution in [0.15, 0.2) is 57.4 Å². The van der Waals surface area contributed by atoms with Gasteiger partial charge in [-0.1, -0.05) is 32.6 Å². The molecule has 1 heterocycles. The maximum atomic E-state index is 12.0. The molecular formula is C15H9BrClN3O2. The molecule has 0 unspecified atom stereocenters. The van der Waals surface area contributed by atoms with Crippen LogP contribution in [-0.2, 0) is 0 Å². The van der Waals surface area contributed by atoms with Crippen LogP contribution in [0.25, 0.3) is 11.5 Å². The van der Waals surface area contributed by atoms with E-state index in [0.29, 0.717) is 16.5 Å². The van der Waals surface area contributed by atoms with E-state index < -0.39 is 0 Å². The molecule has 0 aliphatic carbocycles. The fraction of sp³-hybridized carbons (Fsp3) is 0. The average molecular weight is 379 g/mol. The van der Waals surface area contributed by atoms with Crippen LogP contribution < -0.4 is 5.32 Å². The van der Waals surface area contributed by atoms with Crippen molar-refractivity contribution in [3.8, 4) is 11.5 Å². The molecule has 0 radical (unpaired) electrons. The second kappa shape index (κ2) is 6.29. The van der Waals surface area contributed by atoms with Gasteiger partial charge >= 0.3 is 6.01 Å². The molecule has 0 fully saturated rings. The number of hydrogen-bond donors (Lipinski definition) is 1. The molecule has 0 spiro atoms. The number of carbonyl (C=O) groups excluding carboxylic acids is 1. The van der Waals surface area contributed by atoms with Crippen molar-refractivity contribution in [2.75, 3.05) is 5.32 Å². The number of amides is 1. The van der Waals surface area contributed by atoms with Crippen LogP contribution >= 0.6 is 27.5 Å². The van der Waals surface area contributed by atoms with Gasteiger partial charge in [-0.25, -0.2) is 0 Å². The zero-order chi connectivity index (χ0) is 15.5. The molecule has 0 atom stereocenters. The lowest BCUT2D eigenvalue weighted by Crippen LogP contribution is -2.11. The molecule has 22 heavy (non-hydrogen) atoms. The molecule has 3 rings (SSSR count). The predicted molar refractivity (Wildman–Crippen MR) is 86.8 cm³/mol. The molecule has 1 N–H and O–H groups in total. The van der Waals surface area contributed by atoms with Gasteiger partial charge in [-0.15, -0.1) is 5.10 Å². The van der Waals surface area contributed by atoms with Gasteiger partial charge in [0.05, 0.1) is 0 Å². The molecule has 0 saturated carbocycles. The maximum absolute atomic E-state index is 12.0. The third kappa shape index (κ3) is 3.35. The summed E-state index contributed by atoms with van der Waals surface area (Å²) in [5.74, 6) is -0.0124. The topological polar surface area (TPSA) is 68.0 Å². The quantitative estimate of drug-likeness (QED) is 0.733. The summed E-state index contributed by atoms with van der Waals surface area (Å²) >= 11 is 9.14. The van der Waals surface area contributed by atoms with Gasteiger partial charge in [0.15, 0.2) is 0 Å². The summed E-state index contributed by atoms with van der Waals surface area (Å²) in [6.07, 6.45) is 0. The van der Waals surface area contributed by atoms with E-state index in [-0.39, 0.29) is 11.9 Å². The van der Waals surface area contributed by atoms with Crippen LogP contribution in [0.4, 0.5) is 6.01 Å². The van der Waals surface area contributed by atoms with Gasteiger partial charge in [-0.2, -0.15) is 0 Å². The minimum atomic E-state index is -0.321. The highest BCUT2D eigenvalue weighted by Gasteiger charge is 2.12. The molecule has 3 aromatic rings. The third-order valence-electron chi connectivity index (χ3n) is 2.84. The van der Waals surface area contributed by atoms with E-state index in [0.717, 1.165) is 10.0 Å². The first-order valence-electron chi connectivity index (χ1n) is 6.28. The number of benzene rings is 2. The fourth-order valence-electron chi connectivity index (χ4n) is 1.75. The van der Waals surface area contributed by atoms with Crippen molar-refractivity contribution in [2.45, 2.75) is 0 Å². The first-order chi connectivity index (χ1) is 10.6. The Kier molecular flexibility index (Phi) is 4.22. The third-order valence-corrected chi connectivity index (χ3v) is 3.62. The summed E-state index contributed by atoms with van der Waals surface area (Å²) in [4.78, 5) is 12.0. The Morgan fingerprint density at radius 3 is 2.41 bits per heavy atom. The van der Waals surface area contributed by atoms with Crippen molar-refractivity contribution in [3.05, 3.63) is 63.6 Å². The number of rotatable bonds is 3. The minimum absolute atomic E-state index is 0.0397. The highest BCUT2D eigenvalue weighted by Crippen LogP contribution is 2.22. The zero-order valence-corrected chi connectivity index (χ0v) is 13.4. The van der Waals surface area contributed by atoms with E-state index in [1.54, 1.807) is 48.5 Å². The van der Waals surface area contributed by atoms with Gasteiger partial charge in [0.2, 0.25) is 5.89 Å². The monoisotopic (exact) mass is 377 g/mol. The van der Waals surface area contributed by atoms with Crippen molar-refractivity contribution in [1.82, 2.24) is 10.2 Å². The van der Waals surface area contributed by atoms with E-state index in [2.05, 4.69) is 31.4 Å². The van der Waals surface area contributed by atoms with E-state index in [4.69, 9.17) is 16.0 Å². The number of nitrogens with zero attached hydrogens (tertiary/aromatic N) is 2. The summed E-state index contributed by atoms with van der Waals surface area (Å²) in [6.45, 7) is 0. The Bertz CT molecular complexity index is 800. The van der Waals surface area contributed by atoms with Crippen LogP contribution in [0.2, 0.25) is 5.02 Å². The van der Waals surface area contributed by atoms with Crippen LogP contribution in [-0.4, -0.2) is 16.1 Å². The Hall–Kier alpha value is -2.18. The number of nitrogens with one attached hydrogen (secondary N) is 1. The summed E-state index contributed by atoms with van der Waals surface area (Å²) in [5.41, 5.74) is 1.22. The maximum Gasteiger partial charge on any atom is 0.322 e. The van der Waals surface area contributed by atoms with Gasteiger partial charge in [0.1, 0.15) is 0 Å². The summed E-state index contributed by atoms with van der Waals surface area (Å²) < 4.78 is 6.31. The van der Waals surface area contributed by atoms with Gasteiger partial charge in [-0.3, -0.25) is 10.1 Å². The summed E-state index contributed by atoms with van der Waals surface area (Å²) in [5, 5.41) is 10.9. The molecule has 0 aliphatic heterocycles. The molecule has 5 nitrogen and oxygen atoms in total. The van der Waals surface area contributed by atoms with E-state index in [9.17, 15) is 4.79 Å². The fourth-order valence-corrected chi connectivity index (χ4v) is 2.14. The molecule has 2 aromatic carbocycles. The Morgan fingerprint density at radius 2 is 1.73 bits per heavy atom. The SMILES string of the molecule is O=C(Nc1nnc(-c2ccc(Cl)cc2)o1)c1ccc(Br)cc1. The molecule has 1 aromatic heterocycles. The summed E-state index contributed by atoms with van der Waals surface area (Å²) in [7, 11) is 0. The van der Waals surface area contributed by atoms with Crippen LogP contribution in [0.5, 0.6) is 0 Å². The minimum Gasteiger partial charge on any atom is -0.403 e. The summed E-state index contributed by atoms with van der Waals surface area (Å²) in [6, 6.07) is 13.9. The second-order valence-electron chi connectivity index (χ2n) is 4.38. The van der Waals surface area contributed by atoms with Crippen LogP contribution in [0.1, 0.15) is 10.4 Å². The highest BCUT2D eigenvalue weighted by atomic mass is 79.9. The normalized spacial score (nSPS) is 10.5. The number of hydrogen-bond acceptors (Lipinski definition) is 4. The highest BCUT2D eigenvalue weighted by molar-refractivity contribution is 9.10. The molecular weight excluding hydrogens is 370 g/mol. The molecule has 1 amide bonds. The molecule has 7 heteroatoms. The predicted octanol–water partition coefficient (Wildman–Crippen LogP) is 4.40. The molecule has 0 saturated heterocycles. The van der Waals surface area contributed by atoms with Gasteiger partial charge in [-0.05, 0) is 48.5 Å². The van der Waals surface area contributed by atoms with Crippen molar-refractivity contribution < 1.29 is 9.21 Å². The number of carbonyl (C=O) groups is 1. The van der Waals surface area contributed by atoms with Crippen LogP contribution in [0, 0.1) is 0 Å². The lowest BCUT2D eigenvalue weighted by Gasteiger charge is -2.00. The van der Waals surface area contributed by atoms with Crippen LogP contribution in [0.3, 0.4) is 0 Å². The van der Waals surface area contributed by atoms with Crippen molar-refractivity contribution in [1.29, 1.82) is 0 Å².